The van der Waals surface area contributed by atoms with Crippen molar-refractivity contribution in [2.24, 2.45) is 0 Å². The number of carbonyl (C=O) groups is 1. The van der Waals surface area contributed by atoms with E-state index >= 15 is 0 Å². The van der Waals surface area contributed by atoms with Gasteiger partial charge in [0.2, 0.25) is 0 Å². The van der Waals surface area contributed by atoms with Gasteiger partial charge in [-0.15, -0.1) is 0 Å². The van der Waals surface area contributed by atoms with E-state index in [1.807, 2.05) is 0 Å². The van der Waals surface area contributed by atoms with Crippen LogP contribution in [0.25, 0.3) is 0 Å². The van der Waals surface area contributed by atoms with Gasteiger partial charge in [-0.25, -0.2) is 4.79 Å². The van der Waals surface area contributed by atoms with Crippen molar-refractivity contribution in [3.63, 3.8) is 0 Å². The molecule has 0 unspecified atom stereocenters. The molecule has 1 fully saturated rings. The van der Waals surface area contributed by atoms with E-state index in [0.717, 1.165) is 0 Å². The maximum atomic E-state index is 10.4. The first kappa shape index (κ1) is 17.1. The zero-order valence-corrected chi connectivity index (χ0v) is 10.6. The van der Waals surface area contributed by atoms with E-state index in [-0.39, 0.29) is 11.5 Å². The highest BCUT2D eigenvalue weighted by Crippen LogP contribution is 2.19. The molecule has 1 aromatic rings. The van der Waals surface area contributed by atoms with Crippen LogP contribution in [-0.2, 0) is 9.53 Å². The lowest BCUT2D eigenvalue weighted by Crippen LogP contribution is -2.59. The summed E-state index contributed by atoms with van der Waals surface area (Å²) >= 11 is 0. The van der Waals surface area contributed by atoms with Crippen LogP contribution in [0.4, 0.5) is 0 Å². The average Bonchev–Trinajstić information content (AvgIpc) is 2.44. The number of carboxylic acids is 1. The average molecular weight is 304 g/mol. The van der Waals surface area contributed by atoms with Crippen molar-refractivity contribution in [2.75, 3.05) is 0 Å². The van der Waals surface area contributed by atoms with Gasteiger partial charge in [0, 0.05) is 0 Å². The van der Waals surface area contributed by atoms with Gasteiger partial charge in [0.05, 0.1) is 0 Å². The van der Waals surface area contributed by atoms with E-state index in [1.165, 1.54) is 24.3 Å². The summed E-state index contributed by atoms with van der Waals surface area (Å²) in [5.74, 6) is -1.18. The number of aliphatic hydroxyl groups excluding tert-OH is 4. The zero-order chi connectivity index (χ0) is 16.2. The molecule has 2 rings (SSSR count). The SMILES string of the molecule is O=C(O)[C@@H]1O[C@@H](O)[C@@H](O)[C@H](O)[C@H]1O.Oc1ccc(O)cc1. The number of ether oxygens (including phenoxy) is 1. The Bertz CT molecular complexity index is 439. The van der Waals surface area contributed by atoms with Crippen LogP contribution in [0.3, 0.4) is 0 Å². The Balaban J connectivity index is 0.000000235. The van der Waals surface area contributed by atoms with E-state index in [2.05, 4.69) is 4.74 Å². The molecule has 0 aromatic heterocycles. The maximum Gasteiger partial charge on any atom is 0.335 e. The van der Waals surface area contributed by atoms with E-state index in [4.69, 9.17) is 35.7 Å². The first-order valence-electron chi connectivity index (χ1n) is 5.82. The number of carboxylic acid groups (broad SMARTS) is 1. The molecule has 5 atom stereocenters. The second-order valence-electron chi connectivity index (χ2n) is 4.27. The van der Waals surface area contributed by atoms with E-state index in [0.29, 0.717) is 0 Å². The summed E-state index contributed by atoms with van der Waals surface area (Å²) < 4.78 is 4.34. The molecule has 9 nitrogen and oxygen atoms in total. The van der Waals surface area contributed by atoms with Gasteiger partial charge in [-0.05, 0) is 24.3 Å². The van der Waals surface area contributed by atoms with Crippen LogP contribution in [0, 0.1) is 0 Å². The number of aliphatic carboxylic acids is 1. The minimum Gasteiger partial charge on any atom is -0.508 e. The van der Waals surface area contributed by atoms with Gasteiger partial charge in [-0.1, -0.05) is 0 Å². The molecule has 1 saturated heterocycles. The van der Waals surface area contributed by atoms with Gasteiger partial charge in [0.15, 0.2) is 12.4 Å². The molecule has 0 amide bonds. The van der Waals surface area contributed by atoms with Gasteiger partial charge in [0.1, 0.15) is 29.8 Å². The van der Waals surface area contributed by atoms with Crippen molar-refractivity contribution < 1.29 is 45.3 Å². The van der Waals surface area contributed by atoms with Crippen LogP contribution in [0.5, 0.6) is 11.5 Å². The lowest BCUT2D eigenvalue weighted by molar-refractivity contribution is -0.279. The van der Waals surface area contributed by atoms with Crippen molar-refractivity contribution in [3.05, 3.63) is 24.3 Å². The van der Waals surface area contributed by atoms with E-state index in [9.17, 15) is 4.79 Å². The Kier molecular flexibility index (Phi) is 5.88. The van der Waals surface area contributed by atoms with Crippen LogP contribution >= 0.6 is 0 Å². The van der Waals surface area contributed by atoms with Crippen molar-refractivity contribution in [1.29, 1.82) is 0 Å². The Morgan fingerprint density at radius 2 is 1.29 bits per heavy atom. The van der Waals surface area contributed by atoms with Crippen molar-refractivity contribution in [3.8, 4) is 11.5 Å². The molecular formula is C12H16O9. The topological polar surface area (TPSA) is 168 Å². The van der Waals surface area contributed by atoms with Crippen LogP contribution in [0.2, 0.25) is 0 Å². The molecular weight excluding hydrogens is 288 g/mol. The molecule has 1 aliphatic heterocycles. The molecule has 9 heteroatoms. The predicted molar refractivity (Wildman–Crippen MR) is 66.3 cm³/mol. The lowest BCUT2D eigenvalue weighted by Gasteiger charge is -2.36. The molecule has 0 aliphatic carbocycles. The summed E-state index contributed by atoms with van der Waals surface area (Å²) in [6.07, 6.45) is -8.72. The summed E-state index contributed by atoms with van der Waals surface area (Å²) in [6, 6.07) is 5.70. The molecule has 1 aliphatic rings. The highest BCUT2D eigenvalue weighted by Gasteiger charge is 2.46. The monoisotopic (exact) mass is 304 g/mol. The Morgan fingerprint density at radius 3 is 1.67 bits per heavy atom. The number of hydrogen-bond acceptors (Lipinski definition) is 8. The highest BCUT2D eigenvalue weighted by molar-refractivity contribution is 5.73. The zero-order valence-electron chi connectivity index (χ0n) is 10.6. The number of aliphatic hydroxyl groups is 4. The minimum absolute atomic E-state index is 0.169. The normalized spacial score (nSPS) is 31.9. The molecule has 21 heavy (non-hydrogen) atoms. The molecule has 0 spiro atoms. The first-order chi connectivity index (χ1) is 9.73. The van der Waals surface area contributed by atoms with Crippen LogP contribution < -0.4 is 0 Å². The summed E-state index contributed by atoms with van der Waals surface area (Å²) in [5.41, 5.74) is 0. The minimum atomic E-state index is -1.81. The first-order valence-corrected chi connectivity index (χ1v) is 5.82. The van der Waals surface area contributed by atoms with Gasteiger partial charge in [-0.2, -0.15) is 0 Å². The number of phenolic OH excluding ortho intramolecular Hbond substituents is 2. The fourth-order valence-electron chi connectivity index (χ4n) is 1.52. The number of rotatable bonds is 1. The van der Waals surface area contributed by atoms with Crippen LogP contribution in [0.15, 0.2) is 24.3 Å². The van der Waals surface area contributed by atoms with Gasteiger partial charge >= 0.3 is 5.97 Å². The summed E-state index contributed by atoms with van der Waals surface area (Å²) in [4.78, 5) is 10.4. The second kappa shape index (κ2) is 7.20. The number of hydrogen-bond donors (Lipinski definition) is 7. The third-order valence-electron chi connectivity index (χ3n) is 2.68. The fraction of sp³-hybridized carbons (Fsp3) is 0.417. The summed E-state index contributed by atoms with van der Waals surface area (Å²) in [5, 5.41) is 61.7. The summed E-state index contributed by atoms with van der Waals surface area (Å²) in [6.45, 7) is 0. The maximum absolute atomic E-state index is 10.4. The number of aromatic hydroxyl groups is 2. The smallest absolute Gasteiger partial charge is 0.335 e. The Hall–Kier alpha value is -1.91. The van der Waals surface area contributed by atoms with E-state index in [1.54, 1.807) is 0 Å². The van der Waals surface area contributed by atoms with Crippen molar-refractivity contribution >= 4 is 5.97 Å². The second-order valence-corrected chi connectivity index (χ2v) is 4.27. The largest absolute Gasteiger partial charge is 0.508 e. The number of benzene rings is 1. The van der Waals surface area contributed by atoms with Crippen LogP contribution in [-0.4, -0.2) is 72.4 Å². The van der Waals surface area contributed by atoms with Gasteiger partial charge in [0.25, 0.3) is 0 Å². The van der Waals surface area contributed by atoms with Crippen molar-refractivity contribution in [1.82, 2.24) is 0 Å². The third kappa shape index (κ3) is 4.55. The molecule has 0 bridgehead atoms. The summed E-state index contributed by atoms with van der Waals surface area (Å²) in [7, 11) is 0. The molecule has 1 aromatic carbocycles. The highest BCUT2D eigenvalue weighted by atomic mass is 16.6. The quantitative estimate of drug-likeness (QED) is 0.289. The fourth-order valence-corrected chi connectivity index (χ4v) is 1.52. The lowest BCUT2D eigenvalue weighted by atomic mass is 9.99. The molecule has 0 radical (unpaired) electrons. The molecule has 118 valence electrons. The third-order valence-corrected chi connectivity index (χ3v) is 2.68. The molecule has 0 saturated carbocycles. The van der Waals surface area contributed by atoms with Crippen LogP contribution in [0.1, 0.15) is 0 Å². The van der Waals surface area contributed by atoms with Gasteiger partial charge in [-0.3, -0.25) is 0 Å². The Labute approximate surface area is 118 Å². The van der Waals surface area contributed by atoms with E-state index < -0.39 is 36.7 Å². The Morgan fingerprint density at radius 1 is 0.857 bits per heavy atom. The van der Waals surface area contributed by atoms with Gasteiger partial charge < -0.3 is 40.5 Å². The standard InChI is InChI=1S/C6H10O7.C6H6O2/c7-1-2(8)4(5(10)11)13-6(12)3(1)9;7-5-1-2-6(8)4-3-5/h1-4,6-9,12H,(H,10,11);1-4,7-8H/t1-,2-,3+,4-,6-;/m1./s1. The molecule has 7 N–H and O–H groups in total. The predicted octanol–water partition coefficient (Wildman–Crippen LogP) is -2.03. The molecule has 1 heterocycles. The number of phenols is 2. The van der Waals surface area contributed by atoms with Crippen molar-refractivity contribution in [2.45, 2.75) is 30.7 Å².